The van der Waals surface area contributed by atoms with E-state index >= 15 is 0 Å². The SMILES string of the molecule is COc1ccc(C2Cc3ccc4ccccc4c3N2)cc1F. The molecule has 2 nitrogen and oxygen atoms in total. The lowest BCUT2D eigenvalue weighted by molar-refractivity contribution is 0.386. The van der Waals surface area contributed by atoms with Gasteiger partial charge in [0.1, 0.15) is 0 Å². The molecular weight excluding hydrogens is 277 g/mol. The van der Waals surface area contributed by atoms with Crippen molar-refractivity contribution in [2.24, 2.45) is 0 Å². The molecule has 0 radical (unpaired) electrons. The van der Waals surface area contributed by atoms with Crippen molar-refractivity contribution in [3.8, 4) is 5.75 Å². The van der Waals surface area contributed by atoms with Crippen LogP contribution in [0, 0.1) is 5.82 Å². The van der Waals surface area contributed by atoms with Crippen LogP contribution in [0.1, 0.15) is 17.2 Å². The number of methoxy groups -OCH3 is 1. The molecule has 0 fully saturated rings. The van der Waals surface area contributed by atoms with Crippen molar-refractivity contribution in [1.29, 1.82) is 0 Å². The first-order valence-electron chi connectivity index (χ1n) is 7.37. The smallest absolute Gasteiger partial charge is 0.165 e. The van der Waals surface area contributed by atoms with Crippen LogP contribution in [0.2, 0.25) is 0 Å². The number of benzene rings is 3. The summed E-state index contributed by atoms with van der Waals surface area (Å²) in [4.78, 5) is 0. The third-order valence-electron chi connectivity index (χ3n) is 4.34. The van der Waals surface area contributed by atoms with E-state index in [4.69, 9.17) is 4.74 Å². The number of nitrogens with one attached hydrogen (secondary N) is 1. The molecule has 3 heteroatoms. The first-order valence-corrected chi connectivity index (χ1v) is 7.37. The summed E-state index contributed by atoms with van der Waals surface area (Å²) in [6.45, 7) is 0. The second-order valence-corrected chi connectivity index (χ2v) is 5.62. The third kappa shape index (κ3) is 2.01. The van der Waals surface area contributed by atoms with Crippen LogP contribution in [0.5, 0.6) is 5.75 Å². The molecule has 0 saturated heterocycles. The second kappa shape index (κ2) is 5.02. The minimum Gasteiger partial charge on any atom is -0.494 e. The molecule has 0 aromatic heterocycles. The Morgan fingerprint density at radius 2 is 1.95 bits per heavy atom. The van der Waals surface area contributed by atoms with Gasteiger partial charge in [-0.05, 0) is 35.1 Å². The van der Waals surface area contributed by atoms with E-state index in [1.807, 2.05) is 18.2 Å². The summed E-state index contributed by atoms with van der Waals surface area (Å²) in [5.74, 6) is -0.0349. The van der Waals surface area contributed by atoms with Crippen LogP contribution in [-0.2, 0) is 6.42 Å². The summed E-state index contributed by atoms with van der Waals surface area (Å²) in [5.41, 5.74) is 3.39. The number of anilines is 1. The molecule has 22 heavy (non-hydrogen) atoms. The molecule has 110 valence electrons. The molecule has 0 spiro atoms. The van der Waals surface area contributed by atoms with Crippen LogP contribution in [0.25, 0.3) is 10.8 Å². The predicted molar refractivity (Wildman–Crippen MR) is 87.0 cm³/mol. The Morgan fingerprint density at radius 1 is 1.09 bits per heavy atom. The van der Waals surface area contributed by atoms with E-state index in [0.717, 1.165) is 12.0 Å². The van der Waals surface area contributed by atoms with Gasteiger partial charge in [-0.15, -0.1) is 0 Å². The molecule has 3 aromatic rings. The van der Waals surface area contributed by atoms with Gasteiger partial charge in [-0.1, -0.05) is 42.5 Å². The van der Waals surface area contributed by atoms with Crippen LogP contribution >= 0.6 is 0 Å². The molecular formula is C19H16FNO. The topological polar surface area (TPSA) is 21.3 Å². The standard InChI is InChI=1S/C19H16FNO/c1-22-18-9-8-13(10-16(18)20)17-11-14-7-6-12-4-2-3-5-15(12)19(14)21-17/h2-10,17,21H,11H2,1H3. The Bertz CT molecular complexity index is 859. The fourth-order valence-electron chi connectivity index (χ4n) is 3.20. The van der Waals surface area contributed by atoms with E-state index in [1.165, 1.54) is 29.1 Å². The number of rotatable bonds is 2. The van der Waals surface area contributed by atoms with Crippen molar-refractivity contribution in [1.82, 2.24) is 0 Å². The lowest BCUT2D eigenvalue weighted by atomic mass is 10.0. The Kier molecular flexibility index (Phi) is 3.00. The van der Waals surface area contributed by atoms with E-state index in [2.05, 4.69) is 29.6 Å². The van der Waals surface area contributed by atoms with Crippen molar-refractivity contribution in [2.45, 2.75) is 12.5 Å². The average molecular weight is 293 g/mol. The van der Waals surface area contributed by atoms with Gasteiger partial charge in [0.25, 0.3) is 0 Å². The van der Waals surface area contributed by atoms with Gasteiger partial charge in [-0.2, -0.15) is 0 Å². The van der Waals surface area contributed by atoms with Crippen molar-refractivity contribution in [2.75, 3.05) is 12.4 Å². The summed E-state index contributed by atoms with van der Waals surface area (Å²) in [6, 6.07) is 17.9. The number of hydrogen-bond acceptors (Lipinski definition) is 2. The zero-order chi connectivity index (χ0) is 15.1. The predicted octanol–water partition coefficient (Wildman–Crippen LogP) is 4.70. The van der Waals surface area contributed by atoms with E-state index < -0.39 is 0 Å². The van der Waals surface area contributed by atoms with E-state index in [1.54, 1.807) is 12.1 Å². The van der Waals surface area contributed by atoms with Gasteiger partial charge in [0, 0.05) is 11.1 Å². The molecule has 0 saturated carbocycles. The van der Waals surface area contributed by atoms with Gasteiger partial charge in [0.05, 0.1) is 13.2 Å². The third-order valence-corrected chi connectivity index (χ3v) is 4.34. The summed E-state index contributed by atoms with van der Waals surface area (Å²) in [7, 11) is 1.48. The quantitative estimate of drug-likeness (QED) is 0.739. The van der Waals surface area contributed by atoms with Crippen LogP contribution in [0.3, 0.4) is 0 Å². The van der Waals surface area contributed by atoms with Crippen LogP contribution in [-0.4, -0.2) is 7.11 Å². The highest BCUT2D eigenvalue weighted by molar-refractivity contribution is 5.96. The average Bonchev–Trinajstić information content (AvgIpc) is 2.99. The van der Waals surface area contributed by atoms with Crippen molar-refractivity contribution < 1.29 is 9.13 Å². The number of hydrogen-bond donors (Lipinski definition) is 1. The Morgan fingerprint density at radius 3 is 2.77 bits per heavy atom. The molecule has 1 aliphatic heterocycles. The van der Waals surface area contributed by atoms with E-state index in [0.29, 0.717) is 0 Å². The van der Waals surface area contributed by atoms with Crippen molar-refractivity contribution >= 4 is 16.5 Å². The van der Waals surface area contributed by atoms with Crippen molar-refractivity contribution in [3.05, 3.63) is 71.5 Å². The first-order chi connectivity index (χ1) is 10.8. The Hall–Kier alpha value is -2.55. The fraction of sp³-hybridized carbons (Fsp3) is 0.158. The Labute approximate surface area is 128 Å². The summed E-state index contributed by atoms with van der Waals surface area (Å²) < 4.78 is 18.9. The first kappa shape index (κ1) is 13.1. The molecule has 1 heterocycles. The maximum Gasteiger partial charge on any atom is 0.165 e. The Balaban J connectivity index is 1.72. The van der Waals surface area contributed by atoms with Crippen LogP contribution < -0.4 is 10.1 Å². The van der Waals surface area contributed by atoms with E-state index in [9.17, 15) is 4.39 Å². The summed E-state index contributed by atoms with van der Waals surface area (Å²) in [5, 5.41) is 5.99. The van der Waals surface area contributed by atoms with Gasteiger partial charge >= 0.3 is 0 Å². The number of ether oxygens (including phenoxy) is 1. The molecule has 1 unspecified atom stereocenters. The maximum absolute atomic E-state index is 13.9. The fourth-order valence-corrected chi connectivity index (χ4v) is 3.20. The minimum atomic E-state index is -0.317. The highest BCUT2D eigenvalue weighted by Gasteiger charge is 2.24. The normalized spacial score (nSPS) is 16.4. The van der Waals surface area contributed by atoms with Crippen molar-refractivity contribution in [3.63, 3.8) is 0 Å². The molecule has 0 aliphatic carbocycles. The van der Waals surface area contributed by atoms with Gasteiger partial charge in [-0.3, -0.25) is 0 Å². The zero-order valence-corrected chi connectivity index (χ0v) is 12.3. The molecule has 1 N–H and O–H groups in total. The van der Waals surface area contributed by atoms with E-state index in [-0.39, 0.29) is 17.6 Å². The highest BCUT2D eigenvalue weighted by atomic mass is 19.1. The van der Waals surface area contributed by atoms with Gasteiger partial charge in [0.15, 0.2) is 11.6 Å². The minimum absolute atomic E-state index is 0.0983. The van der Waals surface area contributed by atoms with Gasteiger partial charge < -0.3 is 10.1 Å². The van der Waals surface area contributed by atoms with Gasteiger partial charge in [0.2, 0.25) is 0 Å². The number of halogens is 1. The molecule has 1 aliphatic rings. The monoisotopic (exact) mass is 293 g/mol. The largest absolute Gasteiger partial charge is 0.494 e. The molecule has 0 bridgehead atoms. The lowest BCUT2D eigenvalue weighted by Gasteiger charge is -2.13. The molecule has 4 rings (SSSR count). The molecule has 1 atom stereocenters. The summed E-state index contributed by atoms with van der Waals surface area (Å²) >= 11 is 0. The number of fused-ring (bicyclic) bond motifs is 3. The molecule has 0 amide bonds. The van der Waals surface area contributed by atoms with Gasteiger partial charge in [-0.25, -0.2) is 4.39 Å². The lowest BCUT2D eigenvalue weighted by Crippen LogP contribution is -2.06. The molecule has 3 aromatic carbocycles. The summed E-state index contributed by atoms with van der Waals surface area (Å²) in [6.07, 6.45) is 0.867. The van der Waals surface area contributed by atoms with Crippen LogP contribution in [0.4, 0.5) is 10.1 Å². The van der Waals surface area contributed by atoms with Crippen LogP contribution in [0.15, 0.2) is 54.6 Å². The zero-order valence-electron chi connectivity index (χ0n) is 12.3. The highest BCUT2D eigenvalue weighted by Crippen LogP contribution is 2.39. The second-order valence-electron chi connectivity index (χ2n) is 5.62. The maximum atomic E-state index is 13.9.